The molecule has 0 radical (unpaired) electrons. The summed E-state index contributed by atoms with van der Waals surface area (Å²) in [5.41, 5.74) is 1.08. The van der Waals surface area contributed by atoms with Crippen LogP contribution < -0.4 is 5.32 Å². The molecule has 2 heterocycles. The molecule has 0 aliphatic rings. The van der Waals surface area contributed by atoms with Crippen LogP contribution in [0.25, 0.3) is 0 Å². The van der Waals surface area contributed by atoms with E-state index in [0.29, 0.717) is 0 Å². The van der Waals surface area contributed by atoms with Gasteiger partial charge in [0.15, 0.2) is 0 Å². The summed E-state index contributed by atoms with van der Waals surface area (Å²) in [4.78, 5) is 8.85. The number of aromatic nitrogens is 2. The predicted molar refractivity (Wildman–Crippen MR) is 64.5 cm³/mol. The maximum absolute atomic E-state index is 4.51. The van der Waals surface area contributed by atoms with Gasteiger partial charge < -0.3 is 5.32 Å². The summed E-state index contributed by atoms with van der Waals surface area (Å²) < 4.78 is 0. The van der Waals surface area contributed by atoms with Gasteiger partial charge in [-0.1, -0.05) is 6.92 Å². The Bertz CT molecular complexity index is 408. The summed E-state index contributed by atoms with van der Waals surface area (Å²) in [6.45, 7) is 5.04. The average Bonchev–Trinajstić information content (AvgIpc) is 2.85. The van der Waals surface area contributed by atoms with E-state index in [9.17, 15) is 0 Å². The van der Waals surface area contributed by atoms with Crippen molar-refractivity contribution in [3.63, 3.8) is 0 Å². The molecule has 0 amide bonds. The standard InChI is InChI=1S/C10H13N3S2/c1-3-11-9(10-12-4-5-14-10)8-6-15-7(2)13-8/h4-6,9,11H,3H2,1-2H3. The molecule has 0 aliphatic heterocycles. The van der Waals surface area contributed by atoms with Crippen LogP contribution in [0.5, 0.6) is 0 Å². The maximum atomic E-state index is 4.51. The van der Waals surface area contributed by atoms with Gasteiger partial charge in [-0.15, -0.1) is 22.7 Å². The lowest BCUT2D eigenvalue weighted by Gasteiger charge is -2.12. The summed E-state index contributed by atoms with van der Waals surface area (Å²) in [5.74, 6) is 0. The molecule has 0 aromatic carbocycles. The van der Waals surface area contributed by atoms with Crippen LogP contribution in [0.1, 0.15) is 28.7 Å². The van der Waals surface area contributed by atoms with E-state index in [1.165, 1.54) is 0 Å². The lowest BCUT2D eigenvalue weighted by molar-refractivity contribution is 0.614. The Hall–Kier alpha value is -0.780. The van der Waals surface area contributed by atoms with Crippen molar-refractivity contribution in [3.8, 4) is 0 Å². The third kappa shape index (κ3) is 2.42. The lowest BCUT2D eigenvalue weighted by Crippen LogP contribution is -2.22. The predicted octanol–water partition coefficient (Wildman–Crippen LogP) is 2.61. The van der Waals surface area contributed by atoms with Gasteiger partial charge in [-0.05, 0) is 13.5 Å². The fraction of sp³-hybridized carbons (Fsp3) is 0.400. The molecule has 1 N–H and O–H groups in total. The number of nitrogens with zero attached hydrogens (tertiary/aromatic N) is 2. The van der Waals surface area contributed by atoms with E-state index in [1.807, 2.05) is 18.5 Å². The van der Waals surface area contributed by atoms with Gasteiger partial charge in [0.25, 0.3) is 0 Å². The van der Waals surface area contributed by atoms with Gasteiger partial charge in [0.05, 0.1) is 10.7 Å². The van der Waals surface area contributed by atoms with E-state index in [0.717, 1.165) is 22.3 Å². The third-order valence-corrected chi connectivity index (χ3v) is 3.67. The molecule has 15 heavy (non-hydrogen) atoms. The highest BCUT2D eigenvalue weighted by Crippen LogP contribution is 2.24. The monoisotopic (exact) mass is 239 g/mol. The van der Waals surface area contributed by atoms with Crippen molar-refractivity contribution < 1.29 is 0 Å². The van der Waals surface area contributed by atoms with Gasteiger partial charge in [-0.3, -0.25) is 0 Å². The number of thiazole rings is 2. The molecule has 80 valence electrons. The van der Waals surface area contributed by atoms with Crippen molar-refractivity contribution in [1.29, 1.82) is 0 Å². The molecule has 3 nitrogen and oxygen atoms in total. The minimum absolute atomic E-state index is 0.153. The van der Waals surface area contributed by atoms with Gasteiger partial charge >= 0.3 is 0 Å². The number of hydrogen-bond donors (Lipinski definition) is 1. The number of nitrogens with one attached hydrogen (secondary N) is 1. The molecular formula is C10H13N3S2. The van der Waals surface area contributed by atoms with Crippen LogP contribution in [0.4, 0.5) is 0 Å². The second-order valence-electron chi connectivity index (χ2n) is 3.15. The molecule has 0 saturated heterocycles. The zero-order valence-corrected chi connectivity index (χ0v) is 10.4. The third-order valence-electron chi connectivity index (χ3n) is 2.04. The lowest BCUT2D eigenvalue weighted by atomic mass is 10.2. The molecule has 0 aliphatic carbocycles. The van der Waals surface area contributed by atoms with Crippen LogP contribution in [0, 0.1) is 6.92 Å². The summed E-state index contributed by atoms with van der Waals surface area (Å²) >= 11 is 3.35. The molecule has 0 bridgehead atoms. The molecule has 5 heteroatoms. The van der Waals surface area contributed by atoms with Gasteiger partial charge in [-0.25, -0.2) is 9.97 Å². The SMILES string of the molecule is CCNC(c1csc(C)n1)c1nccs1. The summed E-state index contributed by atoms with van der Waals surface area (Å²) in [6, 6.07) is 0.153. The minimum Gasteiger partial charge on any atom is -0.303 e. The number of aryl methyl sites for hydroxylation is 1. The maximum Gasteiger partial charge on any atom is 0.116 e. The first-order valence-electron chi connectivity index (χ1n) is 4.86. The smallest absolute Gasteiger partial charge is 0.116 e. The van der Waals surface area contributed by atoms with Gasteiger partial charge in [0, 0.05) is 17.0 Å². The largest absolute Gasteiger partial charge is 0.303 e. The van der Waals surface area contributed by atoms with E-state index < -0.39 is 0 Å². The molecular weight excluding hydrogens is 226 g/mol. The van der Waals surface area contributed by atoms with E-state index in [2.05, 4.69) is 27.6 Å². The second kappa shape index (κ2) is 4.83. The first kappa shape index (κ1) is 10.7. The Labute approximate surface area is 97.2 Å². The van der Waals surface area contributed by atoms with Crippen LogP contribution in [0.15, 0.2) is 17.0 Å². The van der Waals surface area contributed by atoms with Crippen molar-refractivity contribution in [2.75, 3.05) is 6.54 Å². The van der Waals surface area contributed by atoms with Crippen molar-refractivity contribution in [3.05, 3.63) is 32.7 Å². The van der Waals surface area contributed by atoms with Gasteiger partial charge in [-0.2, -0.15) is 0 Å². The Morgan fingerprint density at radius 3 is 2.87 bits per heavy atom. The Balaban J connectivity index is 2.27. The van der Waals surface area contributed by atoms with E-state index in [1.54, 1.807) is 22.7 Å². The Kier molecular flexibility index (Phi) is 3.45. The fourth-order valence-electron chi connectivity index (χ4n) is 1.41. The average molecular weight is 239 g/mol. The molecule has 2 aromatic rings. The zero-order valence-electron chi connectivity index (χ0n) is 8.73. The first-order chi connectivity index (χ1) is 7.31. The Morgan fingerprint density at radius 2 is 2.33 bits per heavy atom. The molecule has 2 rings (SSSR count). The molecule has 0 spiro atoms. The second-order valence-corrected chi connectivity index (χ2v) is 5.14. The highest BCUT2D eigenvalue weighted by molar-refractivity contribution is 7.10. The first-order valence-corrected chi connectivity index (χ1v) is 6.62. The molecule has 2 aromatic heterocycles. The van der Waals surface area contributed by atoms with E-state index in [4.69, 9.17) is 0 Å². The molecule has 1 atom stereocenters. The van der Waals surface area contributed by atoms with Crippen molar-refractivity contribution in [1.82, 2.24) is 15.3 Å². The van der Waals surface area contributed by atoms with Crippen LogP contribution in [-0.2, 0) is 0 Å². The quantitative estimate of drug-likeness (QED) is 0.891. The Morgan fingerprint density at radius 1 is 1.47 bits per heavy atom. The van der Waals surface area contributed by atoms with Gasteiger partial charge in [0.2, 0.25) is 0 Å². The molecule has 0 saturated carbocycles. The van der Waals surface area contributed by atoms with Crippen molar-refractivity contribution in [2.24, 2.45) is 0 Å². The van der Waals surface area contributed by atoms with Crippen LogP contribution in [0.2, 0.25) is 0 Å². The van der Waals surface area contributed by atoms with Crippen molar-refractivity contribution >= 4 is 22.7 Å². The molecule has 0 fully saturated rings. The van der Waals surface area contributed by atoms with Crippen LogP contribution >= 0.6 is 22.7 Å². The normalized spacial score (nSPS) is 12.9. The molecule has 1 unspecified atom stereocenters. The highest BCUT2D eigenvalue weighted by Gasteiger charge is 2.17. The minimum atomic E-state index is 0.153. The summed E-state index contributed by atoms with van der Waals surface area (Å²) in [7, 11) is 0. The van der Waals surface area contributed by atoms with Crippen molar-refractivity contribution in [2.45, 2.75) is 19.9 Å². The summed E-state index contributed by atoms with van der Waals surface area (Å²) in [6.07, 6.45) is 1.84. The number of rotatable bonds is 4. The van der Waals surface area contributed by atoms with E-state index in [-0.39, 0.29) is 6.04 Å². The topological polar surface area (TPSA) is 37.8 Å². The van der Waals surface area contributed by atoms with Crippen LogP contribution in [-0.4, -0.2) is 16.5 Å². The number of hydrogen-bond acceptors (Lipinski definition) is 5. The fourth-order valence-corrected chi connectivity index (χ4v) is 2.77. The van der Waals surface area contributed by atoms with Crippen LogP contribution in [0.3, 0.4) is 0 Å². The van der Waals surface area contributed by atoms with Gasteiger partial charge in [0.1, 0.15) is 11.0 Å². The zero-order chi connectivity index (χ0) is 10.7. The highest BCUT2D eigenvalue weighted by atomic mass is 32.1. The summed E-state index contributed by atoms with van der Waals surface area (Å²) in [5, 5.41) is 9.69. The van der Waals surface area contributed by atoms with E-state index >= 15 is 0 Å².